The summed E-state index contributed by atoms with van der Waals surface area (Å²) in [4.78, 5) is 3.77. The van der Waals surface area contributed by atoms with Crippen LogP contribution >= 0.6 is 11.6 Å². The van der Waals surface area contributed by atoms with Gasteiger partial charge in [0.2, 0.25) is 0 Å². The van der Waals surface area contributed by atoms with Gasteiger partial charge in [-0.1, -0.05) is 23.7 Å². The lowest BCUT2D eigenvalue weighted by atomic mass is 9.96. The quantitative estimate of drug-likeness (QED) is 0.670. The summed E-state index contributed by atoms with van der Waals surface area (Å²) >= 11 is 5.88. The fourth-order valence-corrected chi connectivity index (χ4v) is 2.31. The molecule has 0 radical (unpaired) electrons. The highest BCUT2D eigenvalue weighted by atomic mass is 35.5. The Labute approximate surface area is 124 Å². The zero-order chi connectivity index (χ0) is 15.5. The van der Waals surface area contributed by atoms with Gasteiger partial charge in [-0.3, -0.25) is 16.3 Å². The maximum Gasteiger partial charge on any atom is 0.416 e. The Bertz CT molecular complexity index is 616. The summed E-state index contributed by atoms with van der Waals surface area (Å²) in [5.74, 6) is 5.42. The van der Waals surface area contributed by atoms with Gasteiger partial charge < -0.3 is 0 Å². The third-order valence-corrected chi connectivity index (χ3v) is 3.30. The molecule has 0 aliphatic rings. The number of nitrogens with one attached hydrogen (secondary N) is 1. The highest BCUT2D eigenvalue weighted by molar-refractivity contribution is 6.30. The van der Waals surface area contributed by atoms with Crippen molar-refractivity contribution in [3.63, 3.8) is 0 Å². The molecule has 21 heavy (non-hydrogen) atoms. The Morgan fingerprint density at radius 3 is 2.67 bits per heavy atom. The largest absolute Gasteiger partial charge is 0.416 e. The topological polar surface area (TPSA) is 50.9 Å². The van der Waals surface area contributed by atoms with Crippen molar-refractivity contribution in [1.29, 1.82) is 0 Å². The van der Waals surface area contributed by atoms with Gasteiger partial charge in [-0.2, -0.15) is 13.2 Å². The maximum absolute atomic E-state index is 13.0. The number of halogens is 4. The molecule has 112 valence electrons. The third kappa shape index (κ3) is 3.93. The molecule has 1 aromatic heterocycles. The molecule has 0 fully saturated rings. The van der Waals surface area contributed by atoms with Crippen molar-refractivity contribution in [1.82, 2.24) is 10.4 Å². The molecule has 2 aromatic rings. The lowest BCUT2D eigenvalue weighted by molar-refractivity contribution is -0.138. The molecule has 0 aliphatic carbocycles. The molecule has 1 aromatic carbocycles. The van der Waals surface area contributed by atoms with E-state index in [0.717, 1.165) is 17.8 Å². The van der Waals surface area contributed by atoms with Crippen molar-refractivity contribution in [2.45, 2.75) is 18.6 Å². The Morgan fingerprint density at radius 1 is 1.29 bits per heavy atom. The third-order valence-electron chi connectivity index (χ3n) is 3.06. The second-order valence-electron chi connectivity index (χ2n) is 4.51. The summed E-state index contributed by atoms with van der Waals surface area (Å²) < 4.78 is 39.1. The van der Waals surface area contributed by atoms with E-state index < -0.39 is 17.8 Å². The number of aromatic nitrogens is 1. The molecule has 1 heterocycles. The van der Waals surface area contributed by atoms with Crippen LogP contribution in [0.5, 0.6) is 0 Å². The molecule has 0 amide bonds. The van der Waals surface area contributed by atoms with Crippen molar-refractivity contribution in [2.24, 2.45) is 5.84 Å². The van der Waals surface area contributed by atoms with Crippen molar-refractivity contribution in [3.05, 3.63) is 64.4 Å². The van der Waals surface area contributed by atoms with Crippen LogP contribution in [0.15, 0.2) is 42.7 Å². The molecule has 0 aliphatic heterocycles. The second-order valence-corrected chi connectivity index (χ2v) is 4.95. The highest BCUT2D eigenvalue weighted by Gasteiger charge is 2.35. The van der Waals surface area contributed by atoms with E-state index in [4.69, 9.17) is 17.4 Å². The van der Waals surface area contributed by atoms with Gasteiger partial charge in [-0.15, -0.1) is 0 Å². The van der Waals surface area contributed by atoms with Crippen molar-refractivity contribution in [3.8, 4) is 0 Å². The van der Waals surface area contributed by atoms with Crippen LogP contribution in [-0.4, -0.2) is 4.98 Å². The highest BCUT2D eigenvalue weighted by Crippen LogP contribution is 2.34. The average Bonchev–Trinajstić information content (AvgIpc) is 2.44. The Hall–Kier alpha value is -1.63. The number of pyridine rings is 1. The Kier molecular flexibility index (Phi) is 4.82. The first-order chi connectivity index (χ1) is 9.91. The standard InChI is InChI=1S/C14H13ClF3N3/c15-10-3-1-2-9(6-10)7-13(21-19)11-8-20-5-4-12(11)14(16,17)18/h1-6,8,13,21H,7,19H2. The van der Waals surface area contributed by atoms with Gasteiger partial charge in [0.25, 0.3) is 0 Å². The summed E-state index contributed by atoms with van der Waals surface area (Å²) in [7, 11) is 0. The van der Waals surface area contributed by atoms with Crippen LogP contribution in [-0.2, 0) is 12.6 Å². The minimum absolute atomic E-state index is 0.00692. The molecular formula is C14H13ClF3N3. The number of alkyl halides is 3. The van der Waals surface area contributed by atoms with Gasteiger partial charge in [0.1, 0.15) is 0 Å². The van der Waals surface area contributed by atoms with Gasteiger partial charge >= 0.3 is 6.18 Å². The van der Waals surface area contributed by atoms with Crippen molar-refractivity contribution < 1.29 is 13.2 Å². The normalized spacial score (nSPS) is 13.2. The van der Waals surface area contributed by atoms with Gasteiger partial charge in [-0.05, 0) is 30.2 Å². The summed E-state index contributed by atoms with van der Waals surface area (Å²) in [6.45, 7) is 0. The van der Waals surface area contributed by atoms with Gasteiger partial charge in [0.15, 0.2) is 0 Å². The zero-order valence-corrected chi connectivity index (χ0v) is 11.6. The van der Waals surface area contributed by atoms with Crippen LogP contribution in [0.1, 0.15) is 22.7 Å². The van der Waals surface area contributed by atoms with Gasteiger partial charge in [0, 0.05) is 23.0 Å². The Morgan fingerprint density at radius 2 is 2.05 bits per heavy atom. The molecule has 0 saturated carbocycles. The lowest BCUT2D eigenvalue weighted by Crippen LogP contribution is -2.31. The second kappa shape index (κ2) is 6.43. The van der Waals surface area contributed by atoms with E-state index in [9.17, 15) is 13.2 Å². The molecule has 3 nitrogen and oxygen atoms in total. The number of hydrogen-bond acceptors (Lipinski definition) is 3. The molecular weight excluding hydrogens is 303 g/mol. The number of hydrogen-bond donors (Lipinski definition) is 2. The lowest BCUT2D eigenvalue weighted by Gasteiger charge is -2.20. The average molecular weight is 316 g/mol. The van der Waals surface area contributed by atoms with Gasteiger partial charge in [-0.25, -0.2) is 0 Å². The van der Waals surface area contributed by atoms with E-state index in [-0.39, 0.29) is 12.0 Å². The predicted octanol–water partition coefficient (Wildman–Crippen LogP) is 3.50. The first kappa shape index (κ1) is 15.8. The van der Waals surface area contributed by atoms with E-state index in [1.807, 2.05) is 0 Å². The number of benzene rings is 1. The van der Waals surface area contributed by atoms with Crippen LogP contribution in [0.2, 0.25) is 5.02 Å². The molecule has 0 bridgehead atoms. The van der Waals surface area contributed by atoms with E-state index >= 15 is 0 Å². The van der Waals surface area contributed by atoms with Crippen LogP contribution in [0.3, 0.4) is 0 Å². The molecule has 7 heteroatoms. The molecule has 3 N–H and O–H groups in total. The molecule has 0 saturated heterocycles. The predicted molar refractivity (Wildman–Crippen MR) is 74.5 cm³/mol. The van der Waals surface area contributed by atoms with Crippen molar-refractivity contribution >= 4 is 11.6 Å². The minimum atomic E-state index is -4.46. The molecule has 1 unspecified atom stereocenters. The van der Waals surface area contributed by atoms with E-state index in [2.05, 4.69) is 10.4 Å². The van der Waals surface area contributed by atoms with Crippen molar-refractivity contribution in [2.75, 3.05) is 0 Å². The molecule has 1 atom stereocenters. The SMILES string of the molecule is NNC(Cc1cccc(Cl)c1)c1cnccc1C(F)(F)F. The monoisotopic (exact) mass is 315 g/mol. The first-order valence-electron chi connectivity index (χ1n) is 6.13. The van der Waals surface area contributed by atoms with Gasteiger partial charge in [0.05, 0.1) is 11.6 Å². The summed E-state index contributed by atoms with van der Waals surface area (Å²) in [5, 5.41) is 0.519. The van der Waals surface area contributed by atoms with E-state index in [1.165, 1.54) is 6.20 Å². The van der Waals surface area contributed by atoms with Crippen LogP contribution in [0, 0.1) is 0 Å². The summed E-state index contributed by atoms with van der Waals surface area (Å²) in [5.41, 5.74) is 2.45. The molecule has 2 rings (SSSR count). The number of nitrogens with two attached hydrogens (primary N) is 1. The summed E-state index contributed by atoms with van der Waals surface area (Å²) in [6.07, 6.45) is -1.90. The number of rotatable bonds is 4. The number of nitrogens with zero attached hydrogens (tertiary/aromatic N) is 1. The van der Waals surface area contributed by atoms with Crippen LogP contribution in [0.25, 0.3) is 0 Å². The number of hydrazine groups is 1. The van der Waals surface area contributed by atoms with E-state index in [0.29, 0.717) is 5.02 Å². The Balaban J connectivity index is 2.34. The maximum atomic E-state index is 13.0. The fourth-order valence-electron chi connectivity index (χ4n) is 2.10. The first-order valence-corrected chi connectivity index (χ1v) is 6.51. The minimum Gasteiger partial charge on any atom is -0.271 e. The van der Waals surface area contributed by atoms with Crippen LogP contribution in [0.4, 0.5) is 13.2 Å². The van der Waals surface area contributed by atoms with Crippen LogP contribution < -0.4 is 11.3 Å². The smallest absolute Gasteiger partial charge is 0.271 e. The molecule has 0 spiro atoms. The zero-order valence-electron chi connectivity index (χ0n) is 10.9. The summed E-state index contributed by atoms with van der Waals surface area (Å²) in [6, 6.07) is 7.13. The van der Waals surface area contributed by atoms with E-state index in [1.54, 1.807) is 24.3 Å². The fraction of sp³-hybridized carbons (Fsp3) is 0.214.